The Labute approximate surface area is 141 Å². The average Bonchev–Trinajstić information content (AvgIpc) is 2.36. The molecule has 1 aromatic rings. The van der Waals surface area contributed by atoms with Gasteiger partial charge in [0, 0.05) is 0 Å². The Morgan fingerprint density at radius 2 is 1.79 bits per heavy atom. The van der Waals surface area contributed by atoms with Gasteiger partial charge in [-0.25, -0.2) is 0 Å². The molecule has 0 fully saturated rings. The molecule has 1 heterocycles. The van der Waals surface area contributed by atoms with Gasteiger partial charge >= 0.3 is 142 Å². The first-order chi connectivity index (χ1) is 8.77. The second kappa shape index (κ2) is 6.49. The molecule has 1 atom stereocenters. The van der Waals surface area contributed by atoms with Crippen molar-refractivity contribution in [2.75, 3.05) is 0 Å². The molecule has 1 unspecified atom stereocenters. The summed E-state index contributed by atoms with van der Waals surface area (Å²) < 4.78 is 11.7. The Balaban J connectivity index is 2.38. The number of hydrogen-bond donors (Lipinski definition) is 0. The summed E-state index contributed by atoms with van der Waals surface area (Å²) in [5, 5.41) is 0. The molecule has 1 aliphatic rings. The number of hydrogen-bond acceptors (Lipinski definition) is 4. The van der Waals surface area contributed by atoms with Crippen LogP contribution in [-0.4, -0.2) is 7.92 Å². The molecule has 0 aromatic heterocycles. The molecule has 0 radical (unpaired) electrons. The van der Waals surface area contributed by atoms with E-state index < -0.39 is 20.6 Å². The summed E-state index contributed by atoms with van der Waals surface area (Å²) >= 11 is 36.7. The molecule has 0 amide bonds. The number of halogens is 6. The van der Waals surface area contributed by atoms with Crippen molar-refractivity contribution in [1.82, 2.24) is 7.92 Å². The maximum absolute atomic E-state index is 6.43. The van der Waals surface area contributed by atoms with E-state index in [-0.39, 0.29) is 0 Å². The molecule has 1 aliphatic heterocycles. The fraction of sp³-hybridized carbons (Fsp3) is 0. The van der Waals surface area contributed by atoms with Gasteiger partial charge in [0.25, 0.3) is 0 Å². The van der Waals surface area contributed by atoms with Gasteiger partial charge in [0.2, 0.25) is 0 Å². The minimum absolute atomic E-state index is 0.482. The van der Waals surface area contributed by atoms with E-state index in [1.54, 1.807) is 24.3 Å². The second-order valence-corrected chi connectivity index (χ2v) is 16.5. The SMILES string of the molecule is ClN1P(Cl)N=P(Cl)(Cl)N(Cl)[PH]1(Cl)Oc1ccccc1. The van der Waals surface area contributed by atoms with Crippen molar-refractivity contribution in [1.29, 1.82) is 0 Å². The van der Waals surface area contributed by atoms with E-state index in [1.165, 1.54) is 0 Å². The van der Waals surface area contributed by atoms with Gasteiger partial charge in [0.05, 0.1) is 0 Å². The van der Waals surface area contributed by atoms with E-state index in [4.69, 9.17) is 73.0 Å². The van der Waals surface area contributed by atoms with Crippen LogP contribution in [0.4, 0.5) is 0 Å². The van der Waals surface area contributed by atoms with E-state index in [1.807, 2.05) is 6.07 Å². The second-order valence-electron chi connectivity index (χ2n) is 3.25. The first-order valence-electron chi connectivity index (χ1n) is 4.60. The van der Waals surface area contributed by atoms with Crippen molar-refractivity contribution in [2.45, 2.75) is 0 Å². The monoisotopic (exact) mass is 439 g/mol. The van der Waals surface area contributed by atoms with Crippen molar-refractivity contribution in [3.05, 3.63) is 30.3 Å². The summed E-state index contributed by atoms with van der Waals surface area (Å²) in [6, 6.07) is 8.80. The Hall–Kier alpha value is 1.77. The van der Waals surface area contributed by atoms with E-state index >= 15 is 0 Å². The quantitative estimate of drug-likeness (QED) is 0.351. The van der Waals surface area contributed by atoms with Gasteiger partial charge in [-0.2, -0.15) is 0 Å². The van der Waals surface area contributed by atoms with Crippen molar-refractivity contribution in [3.8, 4) is 5.75 Å². The standard InChI is InChI=1S/C6H6Cl6N3OP3/c7-14-17(9)13-18(10,11)15(8)19(14,12)16-6-4-2-1-3-5-6/h1-5,19H. The number of para-hydroxylation sites is 1. The first kappa shape index (κ1) is 17.1. The Bertz CT molecular complexity index is 516. The third-order valence-corrected chi connectivity index (χ3v) is 18.6. The summed E-state index contributed by atoms with van der Waals surface area (Å²) in [5.74, 6) is -2.55. The molecule has 19 heavy (non-hydrogen) atoms. The van der Waals surface area contributed by atoms with Gasteiger partial charge < -0.3 is 0 Å². The molecular weight excluding hydrogens is 436 g/mol. The number of rotatable bonds is 2. The van der Waals surface area contributed by atoms with Gasteiger partial charge in [-0.3, -0.25) is 0 Å². The van der Waals surface area contributed by atoms with Gasteiger partial charge in [-0.1, -0.05) is 0 Å². The molecule has 0 saturated heterocycles. The first-order valence-corrected chi connectivity index (χ1v) is 13.7. The van der Waals surface area contributed by atoms with Crippen LogP contribution in [0.15, 0.2) is 34.8 Å². The predicted octanol–water partition coefficient (Wildman–Crippen LogP) is 7.53. The van der Waals surface area contributed by atoms with Crippen molar-refractivity contribution in [2.24, 2.45) is 4.52 Å². The minimum atomic E-state index is -3.52. The molecule has 0 N–H and O–H groups in total. The normalized spacial score (nSPS) is 28.4. The Morgan fingerprint density at radius 3 is 2.37 bits per heavy atom. The average molecular weight is 442 g/mol. The maximum atomic E-state index is 6.43. The summed E-state index contributed by atoms with van der Waals surface area (Å²) in [5.41, 5.74) is 0. The summed E-state index contributed by atoms with van der Waals surface area (Å²) in [6.45, 7) is 0. The number of nitrogens with zero attached hydrogens (tertiary/aromatic N) is 3. The zero-order valence-electron chi connectivity index (χ0n) is 8.80. The van der Waals surface area contributed by atoms with Gasteiger partial charge in [-0.15, -0.1) is 0 Å². The van der Waals surface area contributed by atoms with Gasteiger partial charge in [0.1, 0.15) is 0 Å². The topological polar surface area (TPSA) is 28.1 Å². The van der Waals surface area contributed by atoms with Crippen LogP contribution in [0.25, 0.3) is 0 Å². The van der Waals surface area contributed by atoms with Crippen LogP contribution in [0, 0.1) is 0 Å². The van der Waals surface area contributed by atoms with Crippen molar-refractivity contribution in [3.63, 3.8) is 0 Å². The Kier molecular flexibility index (Phi) is 5.85. The van der Waals surface area contributed by atoms with E-state index in [2.05, 4.69) is 4.52 Å². The van der Waals surface area contributed by atoms with Crippen LogP contribution in [0.5, 0.6) is 5.75 Å². The number of benzene rings is 1. The third kappa shape index (κ3) is 3.58. The van der Waals surface area contributed by atoms with Crippen LogP contribution in [0.3, 0.4) is 0 Å². The molecule has 0 aliphatic carbocycles. The van der Waals surface area contributed by atoms with Crippen molar-refractivity contribution < 1.29 is 4.52 Å². The molecule has 2 rings (SSSR count). The molecule has 13 heteroatoms. The van der Waals surface area contributed by atoms with E-state index in [0.717, 1.165) is 7.92 Å². The van der Waals surface area contributed by atoms with Crippen molar-refractivity contribution >= 4 is 89.1 Å². The van der Waals surface area contributed by atoms with Crippen LogP contribution in [0.2, 0.25) is 0 Å². The molecular formula is C6H6Cl6N3OP3. The molecule has 0 bridgehead atoms. The predicted molar refractivity (Wildman–Crippen MR) is 90.4 cm³/mol. The molecule has 0 spiro atoms. The van der Waals surface area contributed by atoms with Crippen LogP contribution in [-0.2, 0) is 0 Å². The van der Waals surface area contributed by atoms with Crippen LogP contribution < -0.4 is 4.52 Å². The Morgan fingerprint density at radius 1 is 1.21 bits per heavy atom. The zero-order chi connectivity index (χ0) is 14.3. The van der Waals surface area contributed by atoms with Gasteiger partial charge in [0.15, 0.2) is 0 Å². The molecule has 1 aromatic carbocycles. The molecule has 0 saturated carbocycles. The fourth-order valence-electron chi connectivity index (χ4n) is 1.19. The van der Waals surface area contributed by atoms with Crippen LogP contribution in [0.1, 0.15) is 0 Å². The fourth-order valence-corrected chi connectivity index (χ4v) is 16.9. The third-order valence-electron chi connectivity index (χ3n) is 1.98. The van der Waals surface area contributed by atoms with E-state index in [0.29, 0.717) is 5.75 Å². The molecule has 4 nitrogen and oxygen atoms in total. The zero-order valence-corrected chi connectivity index (χ0v) is 16.1. The van der Waals surface area contributed by atoms with Gasteiger partial charge in [-0.05, 0) is 0 Å². The summed E-state index contributed by atoms with van der Waals surface area (Å²) in [4.78, 5) is 0. The summed E-state index contributed by atoms with van der Waals surface area (Å²) in [6.07, 6.45) is 0. The van der Waals surface area contributed by atoms with E-state index in [9.17, 15) is 0 Å². The van der Waals surface area contributed by atoms with Crippen LogP contribution >= 0.6 is 89.1 Å². The summed E-state index contributed by atoms with van der Waals surface area (Å²) in [7, 11) is -5.22. The molecule has 108 valence electrons.